The van der Waals surface area contributed by atoms with Gasteiger partial charge in [0.15, 0.2) is 8.32 Å². The van der Waals surface area contributed by atoms with Gasteiger partial charge in [-0.1, -0.05) is 46.3 Å². The summed E-state index contributed by atoms with van der Waals surface area (Å²) in [5.74, 6) is 2.03. The van der Waals surface area contributed by atoms with E-state index in [-0.39, 0.29) is 10.5 Å². The summed E-state index contributed by atoms with van der Waals surface area (Å²) in [5.41, 5.74) is 2.20. The lowest BCUT2D eigenvalue weighted by molar-refractivity contribution is -0.129. The van der Waals surface area contributed by atoms with Crippen LogP contribution in [0.1, 0.15) is 91.5 Å². The number of fused-ring (bicyclic) bond motifs is 5. The van der Waals surface area contributed by atoms with Crippen molar-refractivity contribution >= 4 is 8.32 Å². The first-order valence-electron chi connectivity index (χ1n) is 13.4. The van der Waals surface area contributed by atoms with Crippen molar-refractivity contribution in [1.29, 1.82) is 0 Å². The van der Waals surface area contributed by atoms with Crippen LogP contribution in [0.4, 0.5) is 0 Å². The van der Waals surface area contributed by atoms with Crippen LogP contribution in [0.3, 0.4) is 0 Å². The Hall–Kier alpha value is -0.843. The number of hydrogen-bond acceptors (Lipinski definition) is 3. The molecule has 0 aliphatic heterocycles. The molecule has 0 saturated heterocycles. The lowest BCUT2D eigenvalue weighted by atomic mass is 9.46. The number of furan rings is 1. The molecule has 7 atom stereocenters. The Morgan fingerprint density at radius 1 is 1.06 bits per heavy atom. The Labute approximate surface area is 202 Å². The molecule has 0 bridgehead atoms. The van der Waals surface area contributed by atoms with Gasteiger partial charge in [-0.05, 0) is 98.7 Å². The van der Waals surface area contributed by atoms with Crippen LogP contribution < -0.4 is 0 Å². The molecule has 184 valence electrons. The Balaban J connectivity index is 1.38. The predicted octanol–water partition coefficient (Wildman–Crippen LogP) is 7.82. The van der Waals surface area contributed by atoms with Crippen LogP contribution in [-0.2, 0) is 10.0 Å². The summed E-state index contributed by atoms with van der Waals surface area (Å²) in [6.45, 7) is 16.8. The van der Waals surface area contributed by atoms with Gasteiger partial charge in [-0.25, -0.2) is 0 Å². The minimum absolute atomic E-state index is 0.0532. The second kappa shape index (κ2) is 7.58. The standard InChI is InChI=1S/C29H46O3Si/c1-26(2,3)33(6,7)32-22-10-14-27(4)20(18-22)8-9-23-24(27)11-15-28(5)25(23)12-16-29(28,30)21-13-17-31-19-21/h8,13,17,19,22-25,30H,9-12,14-16,18H2,1-7H3/t22?,23-,24-,25+,27+,28+,29?/m1/s1. The van der Waals surface area contributed by atoms with Crippen LogP contribution in [0, 0.1) is 28.6 Å². The zero-order valence-electron chi connectivity index (χ0n) is 22.0. The van der Waals surface area contributed by atoms with Crippen molar-refractivity contribution in [1.82, 2.24) is 0 Å². The molecule has 2 unspecified atom stereocenters. The second-order valence-electron chi connectivity index (χ2n) is 13.9. The summed E-state index contributed by atoms with van der Waals surface area (Å²) >= 11 is 0. The maximum atomic E-state index is 11.9. The highest BCUT2D eigenvalue weighted by Gasteiger charge is 2.64. The quantitative estimate of drug-likeness (QED) is 0.362. The Kier molecular flexibility index (Phi) is 5.48. The van der Waals surface area contributed by atoms with E-state index in [1.165, 1.54) is 25.7 Å². The van der Waals surface area contributed by atoms with Crippen molar-refractivity contribution in [3.8, 4) is 0 Å². The van der Waals surface area contributed by atoms with Gasteiger partial charge in [0.25, 0.3) is 0 Å². The van der Waals surface area contributed by atoms with Crippen molar-refractivity contribution in [2.45, 2.75) is 116 Å². The van der Waals surface area contributed by atoms with Gasteiger partial charge >= 0.3 is 0 Å². The van der Waals surface area contributed by atoms with Crippen molar-refractivity contribution < 1.29 is 13.9 Å². The van der Waals surface area contributed by atoms with Gasteiger partial charge in [0.05, 0.1) is 18.1 Å². The number of rotatable bonds is 3. The Morgan fingerprint density at radius 3 is 2.45 bits per heavy atom. The van der Waals surface area contributed by atoms with E-state index in [1.807, 2.05) is 6.07 Å². The van der Waals surface area contributed by atoms with E-state index in [1.54, 1.807) is 18.1 Å². The molecule has 3 saturated carbocycles. The Bertz CT molecular complexity index is 912. The number of aliphatic hydroxyl groups is 1. The largest absolute Gasteiger partial charge is 0.472 e. The first-order valence-corrected chi connectivity index (χ1v) is 16.4. The van der Waals surface area contributed by atoms with E-state index in [0.29, 0.717) is 23.4 Å². The number of allylic oxidation sites excluding steroid dienone is 1. The summed E-state index contributed by atoms with van der Waals surface area (Å²) in [6.07, 6.45) is 15.6. The molecule has 1 heterocycles. The van der Waals surface area contributed by atoms with Crippen molar-refractivity contribution in [2.75, 3.05) is 0 Å². The second-order valence-corrected chi connectivity index (χ2v) is 18.6. The summed E-state index contributed by atoms with van der Waals surface area (Å²) in [6, 6.07) is 1.99. The maximum Gasteiger partial charge on any atom is 0.192 e. The summed E-state index contributed by atoms with van der Waals surface area (Å²) in [4.78, 5) is 0. The fourth-order valence-electron chi connectivity index (χ4n) is 8.31. The molecule has 0 amide bonds. The van der Waals surface area contributed by atoms with Gasteiger partial charge in [0.2, 0.25) is 0 Å². The van der Waals surface area contributed by atoms with Crippen LogP contribution >= 0.6 is 0 Å². The highest BCUT2D eigenvalue weighted by molar-refractivity contribution is 6.74. The van der Waals surface area contributed by atoms with E-state index in [2.05, 4.69) is 53.8 Å². The SMILES string of the molecule is CC(C)(C)[Si](C)(C)OC1CC[C@@]2(C)C(=CC[C@@H]3[C@H]2CC[C@@]2(C)[C@H]3CCC2(O)c2ccoc2)C1. The van der Waals surface area contributed by atoms with Crippen molar-refractivity contribution in [2.24, 2.45) is 28.6 Å². The highest BCUT2D eigenvalue weighted by Crippen LogP contribution is 2.69. The fraction of sp³-hybridized carbons (Fsp3) is 0.793. The van der Waals surface area contributed by atoms with Crippen molar-refractivity contribution in [3.63, 3.8) is 0 Å². The van der Waals surface area contributed by atoms with Crippen LogP contribution in [0.25, 0.3) is 0 Å². The van der Waals surface area contributed by atoms with E-state index in [4.69, 9.17) is 8.84 Å². The molecule has 1 aromatic rings. The summed E-state index contributed by atoms with van der Waals surface area (Å²) in [5, 5.41) is 12.2. The molecule has 4 heteroatoms. The molecule has 33 heavy (non-hydrogen) atoms. The van der Waals surface area contributed by atoms with Crippen LogP contribution in [0.15, 0.2) is 34.7 Å². The van der Waals surface area contributed by atoms with Crippen LogP contribution in [0.5, 0.6) is 0 Å². The molecule has 4 aliphatic carbocycles. The molecule has 0 spiro atoms. The maximum absolute atomic E-state index is 11.9. The van der Waals surface area contributed by atoms with Gasteiger partial charge in [-0.15, -0.1) is 0 Å². The zero-order valence-corrected chi connectivity index (χ0v) is 23.0. The lowest BCUT2D eigenvalue weighted by Gasteiger charge is -2.59. The van der Waals surface area contributed by atoms with Crippen molar-refractivity contribution in [3.05, 3.63) is 35.8 Å². The average Bonchev–Trinajstić information content (AvgIpc) is 3.35. The van der Waals surface area contributed by atoms with Crippen LogP contribution in [0.2, 0.25) is 18.1 Å². The third-order valence-electron chi connectivity index (χ3n) is 11.5. The minimum atomic E-state index is -1.74. The molecule has 1 aromatic heterocycles. The molecular weight excluding hydrogens is 424 g/mol. The minimum Gasteiger partial charge on any atom is -0.472 e. The lowest BCUT2D eigenvalue weighted by Crippen LogP contribution is -2.54. The highest BCUT2D eigenvalue weighted by atomic mass is 28.4. The molecule has 4 aliphatic rings. The average molecular weight is 471 g/mol. The van der Waals surface area contributed by atoms with E-state index >= 15 is 0 Å². The molecule has 3 nitrogen and oxygen atoms in total. The molecule has 0 aromatic carbocycles. The van der Waals surface area contributed by atoms with E-state index in [9.17, 15) is 5.11 Å². The van der Waals surface area contributed by atoms with Gasteiger partial charge < -0.3 is 13.9 Å². The molecule has 0 radical (unpaired) electrons. The fourth-order valence-corrected chi connectivity index (χ4v) is 9.70. The first kappa shape index (κ1) is 23.9. The van der Waals surface area contributed by atoms with Crippen LogP contribution in [-0.4, -0.2) is 19.5 Å². The summed E-state index contributed by atoms with van der Waals surface area (Å²) < 4.78 is 12.3. The molecular formula is C29H46O3Si. The zero-order chi connectivity index (χ0) is 23.9. The predicted molar refractivity (Wildman–Crippen MR) is 136 cm³/mol. The monoisotopic (exact) mass is 470 g/mol. The third kappa shape index (κ3) is 3.41. The number of hydrogen-bond donors (Lipinski definition) is 1. The third-order valence-corrected chi connectivity index (χ3v) is 16.0. The van der Waals surface area contributed by atoms with E-state index < -0.39 is 13.9 Å². The topological polar surface area (TPSA) is 42.6 Å². The first-order chi connectivity index (χ1) is 15.3. The Morgan fingerprint density at radius 2 is 1.79 bits per heavy atom. The summed E-state index contributed by atoms with van der Waals surface area (Å²) in [7, 11) is -1.74. The molecule has 1 N–H and O–H groups in total. The van der Waals surface area contributed by atoms with Gasteiger partial charge in [-0.2, -0.15) is 0 Å². The molecule has 3 fully saturated rings. The van der Waals surface area contributed by atoms with Gasteiger partial charge in [0.1, 0.15) is 0 Å². The van der Waals surface area contributed by atoms with E-state index in [0.717, 1.165) is 37.2 Å². The molecule has 5 rings (SSSR count). The smallest absolute Gasteiger partial charge is 0.192 e. The normalized spacial score (nSPS) is 43.5. The van der Waals surface area contributed by atoms with Gasteiger partial charge in [0, 0.05) is 17.1 Å². The van der Waals surface area contributed by atoms with Gasteiger partial charge in [-0.3, -0.25) is 0 Å².